The highest BCUT2D eigenvalue weighted by molar-refractivity contribution is 6.14. The van der Waals surface area contributed by atoms with Gasteiger partial charge in [0.25, 0.3) is 5.91 Å². The normalized spacial score (nSPS) is 14.8. The molecule has 2 aromatic rings. The molecule has 0 saturated carbocycles. The number of benzene rings is 1. The van der Waals surface area contributed by atoms with Crippen LogP contribution in [0, 0.1) is 5.41 Å². The van der Waals surface area contributed by atoms with Gasteiger partial charge in [0, 0.05) is 18.1 Å². The van der Waals surface area contributed by atoms with Crippen molar-refractivity contribution in [2.75, 3.05) is 26.0 Å². The molecule has 136 valence electrons. The number of anilines is 1. The van der Waals surface area contributed by atoms with Crippen LogP contribution in [0.25, 0.3) is 10.9 Å². The van der Waals surface area contributed by atoms with E-state index in [4.69, 9.17) is 16.0 Å². The number of guanidine groups is 1. The van der Waals surface area contributed by atoms with Crippen LogP contribution in [0.1, 0.15) is 17.3 Å². The van der Waals surface area contributed by atoms with E-state index in [1.165, 1.54) is 23.2 Å². The number of fused-ring (bicyclic) bond motifs is 1. The van der Waals surface area contributed by atoms with Crippen molar-refractivity contribution in [2.45, 2.75) is 6.92 Å². The van der Waals surface area contributed by atoms with Crippen LogP contribution in [-0.4, -0.2) is 58.6 Å². The molecule has 0 saturated heterocycles. The summed E-state index contributed by atoms with van der Waals surface area (Å²) < 4.78 is 4.84. The molecule has 26 heavy (non-hydrogen) atoms. The first-order valence-corrected chi connectivity index (χ1v) is 7.75. The van der Waals surface area contributed by atoms with Crippen molar-refractivity contribution in [2.24, 2.45) is 5.84 Å². The van der Waals surface area contributed by atoms with Crippen molar-refractivity contribution >= 4 is 34.4 Å². The maximum Gasteiger partial charge on any atom is 0.340 e. The lowest BCUT2D eigenvalue weighted by molar-refractivity contribution is -0.113. The van der Waals surface area contributed by atoms with Crippen LogP contribution in [0.15, 0.2) is 29.6 Å². The van der Waals surface area contributed by atoms with E-state index in [9.17, 15) is 9.59 Å². The van der Waals surface area contributed by atoms with E-state index in [0.29, 0.717) is 27.9 Å². The Hall–Kier alpha value is -3.40. The average molecular weight is 357 g/mol. The Morgan fingerprint density at radius 2 is 2.15 bits per heavy atom. The molecule has 1 aromatic heterocycles. The van der Waals surface area contributed by atoms with Crippen molar-refractivity contribution in [3.63, 3.8) is 0 Å². The Balaban J connectivity index is 2.00. The van der Waals surface area contributed by atoms with Crippen molar-refractivity contribution in [3.8, 4) is 0 Å². The monoisotopic (exact) mass is 357 g/mol. The molecule has 0 atom stereocenters. The molecule has 0 aliphatic carbocycles. The van der Waals surface area contributed by atoms with Gasteiger partial charge in [-0.3, -0.25) is 20.3 Å². The van der Waals surface area contributed by atoms with Gasteiger partial charge < -0.3 is 15.0 Å². The number of allylic oxidation sites excluding steroid dienone is 1. The molecule has 0 unspecified atom stereocenters. The molecule has 10 heteroatoms. The number of ether oxygens (including phenoxy) is 1. The van der Waals surface area contributed by atoms with Gasteiger partial charge >= 0.3 is 5.97 Å². The number of hydrogen-bond donors (Lipinski definition) is 4. The topological polar surface area (TPSA) is 140 Å². The summed E-state index contributed by atoms with van der Waals surface area (Å²) in [5.41, 5.74) is 2.18. The van der Waals surface area contributed by atoms with E-state index in [-0.39, 0.29) is 18.1 Å². The summed E-state index contributed by atoms with van der Waals surface area (Å²) in [6, 6.07) is 3.32. The molecule has 0 bridgehead atoms. The number of carbonyl (C=O) groups is 2. The quantitative estimate of drug-likeness (QED) is 0.466. The van der Waals surface area contributed by atoms with Gasteiger partial charge in [0.1, 0.15) is 0 Å². The number of nitrogens with one attached hydrogen (secondary N) is 3. The predicted octanol–water partition coefficient (Wildman–Crippen LogP) is 0.618. The van der Waals surface area contributed by atoms with Gasteiger partial charge in [-0.2, -0.15) is 5.10 Å². The molecule has 10 nitrogen and oxygen atoms in total. The number of H-pyrrole nitrogens is 1. The summed E-state index contributed by atoms with van der Waals surface area (Å²) in [7, 11) is 2.93. The van der Waals surface area contributed by atoms with Gasteiger partial charge in [-0.15, -0.1) is 0 Å². The number of aromatic amines is 1. The third-order valence-electron chi connectivity index (χ3n) is 4.39. The number of hydrazine groups is 1. The number of amides is 1. The fraction of sp³-hybridized carbons (Fsp3) is 0.250. The molecule has 0 fully saturated rings. The SMILES string of the molecule is COC(=O)c1c(NC(=O)C2=C(C)N(C)C(=N)N(N)C2)ccc2[nH]ncc12. The van der Waals surface area contributed by atoms with Gasteiger partial charge in [-0.25, -0.2) is 10.6 Å². The number of methoxy groups -OCH3 is 1. The molecule has 1 amide bonds. The molecule has 0 spiro atoms. The van der Waals surface area contributed by atoms with E-state index < -0.39 is 11.9 Å². The minimum atomic E-state index is -0.582. The highest BCUT2D eigenvalue weighted by Crippen LogP contribution is 2.27. The standard InChI is InChI=1S/C16H19N7O3/c1-8-10(7-23(18)16(17)22(8)2)14(24)20-12-5-4-11-9(6-19-21-11)13(12)15(25)26-3/h4-6,17H,7,18H2,1-3H3,(H,19,21)(H,20,24). The molecule has 5 N–H and O–H groups in total. The Bertz CT molecular complexity index is 946. The average Bonchev–Trinajstić information content (AvgIpc) is 3.10. The summed E-state index contributed by atoms with van der Waals surface area (Å²) in [6.07, 6.45) is 1.50. The zero-order chi connectivity index (χ0) is 19.0. The smallest absolute Gasteiger partial charge is 0.340 e. The zero-order valence-corrected chi connectivity index (χ0v) is 14.6. The molecule has 1 aliphatic heterocycles. The third kappa shape index (κ3) is 2.75. The van der Waals surface area contributed by atoms with Crippen LogP contribution < -0.4 is 11.2 Å². The molecular weight excluding hydrogens is 338 g/mol. The zero-order valence-electron chi connectivity index (χ0n) is 14.6. The molecular formula is C16H19N7O3. The minimum Gasteiger partial charge on any atom is -0.465 e. The summed E-state index contributed by atoms with van der Waals surface area (Å²) >= 11 is 0. The fourth-order valence-corrected chi connectivity index (χ4v) is 2.79. The predicted molar refractivity (Wildman–Crippen MR) is 95.1 cm³/mol. The van der Waals surface area contributed by atoms with Crippen LogP contribution in [0.4, 0.5) is 5.69 Å². The number of hydrogen-bond acceptors (Lipinski definition) is 6. The summed E-state index contributed by atoms with van der Waals surface area (Å²) in [5, 5.41) is 19.0. The van der Waals surface area contributed by atoms with Gasteiger partial charge in [-0.1, -0.05) is 0 Å². The lowest BCUT2D eigenvalue weighted by Gasteiger charge is -2.34. The second-order valence-corrected chi connectivity index (χ2v) is 5.84. The maximum absolute atomic E-state index is 12.8. The number of aromatic nitrogens is 2. The second-order valence-electron chi connectivity index (χ2n) is 5.84. The minimum absolute atomic E-state index is 0.0857. The van der Waals surface area contributed by atoms with Gasteiger partial charge in [0.2, 0.25) is 5.96 Å². The Labute approximate surface area is 149 Å². The van der Waals surface area contributed by atoms with Crippen molar-refractivity contribution < 1.29 is 14.3 Å². The maximum atomic E-state index is 12.8. The van der Waals surface area contributed by atoms with Crippen molar-refractivity contribution in [1.82, 2.24) is 20.1 Å². The van der Waals surface area contributed by atoms with E-state index in [1.807, 2.05) is 0 Å². The molecule has 0 radical (unpaired) electrons. The van der Waals surface area contributed by atoms with Crippen molar-refractivity contribution in [3.05, 3.63) is 35.2 Å². The first kappa shape index (κ1) is 17.4. The highest BCUT2D eigenvalue weighted by Gasteiger charge is 2.28. The largest absolute Gasteiger partial charge is 0.465 e. The van der Waals surface area contributed by atoms with Crippen LogP contribution in [0.3, 0.4) is 0 Å². The van der Waals surface area contributed by atoms with Crippen LogP contribution in [0.2, 0.25) is 0 Å². The van der Waals surface area contributed by atoms with E-state index in [2.05, 4.69) is 15.5 Å². The van der Waals surface area contributed by atoms with Gasteiger partial charge in [-0.05, 0) is 19.1 Å². The Morgan fingerprint density at radius 1 is 1.42 bits per heavy atom. The Morgan fingerprint density at radius 3 is 2.85 bits per heavy atom. The van der Waals surface area contributed by atoms with E-state index in [0.717, 1.165) is 0 Å². The lowest BCUT2D eigenvalue weighted by atomic mass is 10.1. The fourth-order valence-electron chi connectivity index (χ4n) is 2.79. The number of rotatable bonds is 3. The summed E-state index contributed by atoms with van der Waals surface area (Å²) in [6.45, 7) is 1.82. The summed E-state index contributed by atoms with van der Waals surface area (Å²) in [5.74, 6) is 4.88. The van der Waals surface area contributed by atoms with Crippen LogP contribution >= 0.6 is 0 Å². The van der Waals surface area contributed by atoms with Crippen LogP contribution in [-0.2, 0) is 9.53 Å². The van der Waals surface area contributed by atoms with Gasteiger partial charge in [0.05, 0.1) is 42.2 Å². The number of nitrogens with zero attached hydrogens (tertiary/aromatic N) is 3. The van der Waals surface area contributed by atoms with Crippen LogP contribution in [0.5, 0.6) is 0 Å². The summed E-state index contributed by atoms with van der Waals surface area (Å²) in [4.78, 5) is 26.5. The molecule has 2 heterocycles. The highest BCUT2D eigenvalue weighted by atomic mass is 16.5. The number of esters is 1. The Kier molecular flexibility index (Phi) is 4.34. The molecule has 1 aliphatic rings. The second kappa shape index (κ2) is 6.48. The molecule has 3 rings (SSSR count). The lowest BCUT2D eigenvalue weighted by Crippen LogP contribution is -2.51. The van der Waals surface area contributed by atoms with E-state index in [1.54, 1.807) is 26.1 Å². The van der Waals surface area contributed by atoms with Gasteiger partial charge in [0.15, 0.2) is 0 Å². The first-order chi connectivity index (χ1) is 12.3. The number of carbonyl (C=O) groups excluding carboxylic acids is 2. The van der Waals surface area contributed by atoms with E-state index >= 15 is 0 Å². The first-order valence-electron chi connectivity index (χ1n) is 7.75. The third-order valence-corrected chi connectivity index (χ3v) is 4.39. The molecule has 1 aromatic carbocycles. The number of nitrogens with two attached hydrogens (primary N) is 1. The van der Waals surface area contributed by atoms with Crippen molar-refractivity contribution in [1.29, 1.82) is 5.41 Å².